The van der Waals surface area contributed by atoms with Gasteiger partial charge in [-0.1, -0.05) is 0 Å². The van der Waals surface area contributed by atoms with E-state index < -0.39 is 23.7 Å². The van der Waals surface area contributed by atoms with Crippen LogP contribution >= 0.6 is 0 Å². The summed E-state index contributed by atoms with van der Waals surface area (Å²) in [4.78, 5) is 23.6. The first kappa shape index (κ1) is 17.8. The second-order valence-electron chi connectivity index (χ2n) is 5.67. The van der Waals surface area contributed by atoms with E-state index in [1.807, 2.05) is 0 Å². The van der Waals surface area contributed by atoms with Crippen LogP contribution in [-0.2, 0) is 20.7 Å². The van der Waals surface area contributed by atoms with Crippen molar-refractivity contribution in [2.75, 3.05) is 14.2 Å². The van der Waals surface area contributed by atoms with Crippen molar-refractivity contribution < 1.29 is 28.3 Å². The van der Waals surface area contributed by atoms with Gasteiger partial charge in [0.1, 0.15) is 17.4 Å². The normalized spacial score (nSPS) is 12.5. The molecule has 1 N–H and O–H groups in total. The minimum atomic E-state index is -0.948. The van der Waals surface area contributed by atoms with Crippen molar-refractivity contribution in [3.63, 3.8) is 0 Å². The van der Waals surface area contributed by atoms with E-state index in [1.165, 1.54) is 14.2 Å². The lowest BCUT2D eigenvalue weighted by Gasteiger charge is -2.22. The number of carbonyl (C=O) groups excluding carboxylic acids is 2. The van der Waals surface area contributed by atoms with Crippen molar-refractivity contribution in [2.24, 2.45) is 0 Å². The zero-order valence-corrected chi connectivity index (χ0v) is 13.7. The van der Waals surface area contributed by atoms with Crippen LogP contribution in [0.15, 0.2) is 4.52 Å². The van der Waals surface area contributed by atoms with Gasteiger partial charge in [0.25, 0.3) is 5.88 Å². The number of rotatable bonds is 5. The Labute approximate surface area is 129 Å². The number of nitrogens with one attached hydrogen (secondary N) is 1. The van der Waals surface area contributed by atoms with Crippen LogP contribution in [-0.4, -0.2) is 43.1 Å². The van der Waals surface area contributed by atoms with E-state index in [9.17, 15) is 9.59 Å². The van der Waals surface area contributed by atoms with E-state index in [4.69, 9.17) is 14.0 Å². The molecule has 1 aromatic rings. The second-order valence-corrected chi connectivity index (χ2v) is 5.67. The number of hydrogen-bond acceptors (Lipinski definition) is 7. The van der Waals surface area contributed by atoms with Gasteiger partial charge in [0, 0.05) is 6.42 Å². The summed E-state index contributed by atoms with van der Waals surface area (Å²) >= 11 is 0. The maximum absolute atomic E-state index is 11.8. The van der Waals surface area contributed by atoms with Crippen LogP contribution in [0, 0.1) is 6.92 Å². The molecule has 124 valence electrons. The van der Waals surface area contributed by atoms with Crippen LogP contribution in [0.3, 0.4) is 0 Å². The SMILES string of the molecule is COC(=O)C(Cc1onc(OC)c1C)NC(=O)OC(C)(C)C. The van der Waals surface area contributed by atoms with Gasteiger partial charge in [-0.15, -0.1) is 0 Å². The van der Waals surface area contributed by atoms with Crippen molar-refractivity contribution in [3.8, 4) is 5.88 Å². The third-order valence-electron chi connectivity index (χ3n) is 2.74. The number of alkyl carbamates (subject to hydrolysis) is 1. The molecule has 0 saturated carbocycles. The monoisotopic (exact) mass is 314 g/mol. The Kier molecular flexibility index (Phi) is 5.78. The fourth-order valence-electron chi connectivity index (χ4n) is 1.70. The Bertz CT molecular complexity index is 532. The fourth-order valence-corrected chi connectivity index (χ4v) is 1.70. The third-order valence-corrected chi connectivity index (χ3v) is 2.74. The van der Waals surface area contributed by atoms with Crippen molar-refractivity contribution in [3.05, 3.63) is 11.3 Å². The predicted octanol–water partition coefficient (Wildman–Crippen LogP) is 1.60. The van der Waals surface area contributed by atoms with Crippen molar-refractivity contribution in [2.45, 2.75) is 45.8 Å². The van der Waals surface area contributed by atoms with Gasteiger partial charge in [0.05, 0.1) is 19.8 Å². The minimum absolute atomic E-state index is 0.0775. The largest absolute Gasteiger partial charge is 0.479 e. The molecule has 0 spiro atoms. The zero-order chi connectivity index (χ0) is 16.9. The second kappa shape index (κ2) is 7.15. The summed E-state index contributed by atoms with van der Waals surface area (Å²) in [6, 6.07) is -0.948. The predicted molar refractivity (Wildman–Crippen MR) is 76.7 cm³/mol. The van der Waals surface area contributed by atoms with E-state index in [0.29, 0.717) is 17.2 Å². The fraction of sp³-hybridized carbons (Fsp3) is 0.643. The first-order valence-corrected chi connectivity index (χ1v) is 6.74. The van der Waals surface area contributed by atoms with Gasteiger partial charge < -0.3 is 24.1 Å². The number of esters is 1. The number of ether oxygens (including phenoxy) is 3. The molecule has 0 aromatic carbocycles. The Morgan fingerprint density at radius 2 is 1.95 bits per heavy atom. The van der Waals surface area contributed by atoms with Crippen LogP contribution < -0.4 is 10.1 Å². The maximum Gasteiger partial charge on any atom is 0.408 e. The quantitative estimate of drug-likeness (QED) is 0.824. The summed E-state index contributed by atoms with van der Waals surface area (Å²) in [6.07, 6.45) is -0.638. The van der Waals surface area contributed by atoms with Crippen molar-refractivity contribution in [1.82, 2.24) is 10.5 Å². The highest BCUT2D eigenvalue weighted by Crippen LogP contribution is 2.21. The van der Waals surface area contributed by atoms with Gasteiger partial charge in [0.15, 0.2) is 0 Å². The number of aromatic nitrogens is 1. The van der Waals surface area contributed by atoms with Gasteiger partial charge in [-0.05, 0) is 32.9 Å². The maximum atomic E-state index is 11.8. The van der Waals surface area contributed by atoms with Crippen molar-refractivity contribution >= 4 is 12.1 Å². The van der Waals surface area contributed by atoms with Crippen LogP contribution in [0.2, 0.25) is 0 Å². The van der Waals surface area contributed by atoms with Gasteiger partial charge >= 0.3 is 12.1 Å². The molecule has 0 saturated heterocycles. The zero-order valence-electron chi connectivity index (χ0n) is 13.7. The number of amides is 1. The Hall–Kier alpha value is -2.25. The summed E-state index contributed by atoms with van der Waals surface area (Å²) in [5.41, 5.74) is -0.0155. The van der Waals surface area contributed by atoms with E-state index in [-0.39, 0.29) is 6.42 Å². The molecule has 1 atom stereocenters. The molecule has 0 aliphatic heterocycles. The van der Waals surface area contributed by atoms with E-state index in [0.717, 1.165) is 0 Å². The average Bonchev–Trinajstić information content (AvgIpc) is 2.75. The molecule has 8 nitrogen and oxygen atoms in total. The molecule has 0 aliphatic carbocycles. The van der Waals surface area contributed by atoms with E-state index in [1.54, 1.807) is 27.7 Å². The van der Waals surface area contributed by atoms with Gasteiger partial charge in [0.2, 0.25) is 0 Å². The number of carbonyl (C=O) groups is 2. The van der Waals surface area contributed by atoms with Crippen LogP contribution in [0.5, 0.6) is 5.88 Å². The van der Waals surface area contributed by atoms with Gasteiger partial charge in [-0.3, -0.25) is 0 Å². The van der Waals surface area contributed by atoms with Crippen LogP contribution in [0.4, 0.5) is 4.79 Å². The summed E-state index contributed by atoms with van der Waals surface area (Å²) in [5.74, 6) is 0.139. The Balaban J connectivity index is 2.83. The minimum Gasteiger partial charge on any atom is -0.479 e. The van der Waals surface area contributed by atoms with Gasteiger partial charge in [-0.2, -0.15) is 0 Å². The Morgan fingerprint density at radius 1 is 1.32 bits per heavy atom. The van der Waals surface area contributed by atoms with E-state index in [2.05, 4.69) is 15.2 Å². The lowest BCUT2D eigenvalue weighted by atomic mass is 10.1. The highest BCUT2D eigenvalue weighted by atomic mass is 16.6. The standard InChI is InChI=1S/C14H22N2O6/c1-8-10(22-16-11(8)19-5)7-9(12(17)20-6)15-13(18)21-14(2,3)4/h9H,7H2,1-6H3,(H,15,18). The average molecular weight is 314 g/mol. The van der Waals surface area contributed by atoms with Crippen LogP contribution in [0.25, 0.3) is 0 Å². The lowest BCUT2D eigenvalue weighted by molar-refractivity contribution is -0.143. The van der Waals surface area contributed by atoms with E-state index >= 15 is 0 Å². The number of nitrogens with zero attached hydrogens (tertiary/aromatic N) is 1. The molecule has 0 bridgehead atoms. The molecule has 0 radical (unpaired) electrons. The third kappa shape index (κ3) is 4.94. The summed E-state index contributed by atoms with van der Waals surface area (Å²) in [5, 5.41) is 6.18. The first-order chi connectivity index (χ1) is 10.2. The van der Waals surface area contributed by atoms with Gasteiger partial charge in [-0.25, -0.2) is 9.59 Å². The summed E-state index contributed by atoms with van der Waals surface area (Å²) in [6.45, 7) is 6.92. The first-order valence-electron chi connectivity index (χ1n) is 6.74. The number of hydrogen-bond donors (Lipinski definition) is 1. The molecule has 1 rings (SSSR count). The van der Waals surface area contributed by atoms with Crippen LogP contribution in [0.1, 0.15) is 32.1 Å². The highest BCUT2D eigenvalue weighted by Gasteiger charge is 2.28. The lowest BCUT2D eigenvalue weighted by Crippen LogP contribution is -2.45. The Morgan fingerprint density at radius 3 is 2.41 bits per heavy atom. The highest BCUT2D eigenvalue weighted by molar-refractivity contribution is 5.81. The molecule has 22 heavy (non-hydrogen) atoms. The molecule has 1 unspecified atom stereocenters. The molecule has 8 heteroatoms. The molecule has 0 fully saturated rings. The molecular formula is C14H22N2O6. The molecule has 1 amide bonds. The molecule has 1 heterocycles. The molecule has 1 aromatic heterocycles. The molecule has 0 aliphatic rings. The summed E-state index contributed by atoms with van der Waals surface area (Å²) < 4.78 is 19.9. The smallest absolute Gasteiger partial charge is 0.408 e. The molecular weight excluding hydrogens is 292 g/mol. The number of methoxy groups -OCH3 is 2. The van der Waals surface area contributed by atoms with Crippen molar-refractivity contribution in [1.29, 1.82) is 0 Å². The summed E-state index contributed by atoms with van der Waals surface area (Å²) in [7, 11) is 2.70. The topological polar surface area (TPSA) is 99.9 Å².